The lowest BCUT2D eigenvalue weighted by Crippen LogP contribution is -2.30. The fourth-order valence-corrected chi connectivity index (χ4v) is 1.87. The van der Waals surface area contributed by atoms with Gasteiger partial charge in [-0.25, -0.2) is 8.78 Å². The van der Waals surface area contributed by atoms with E-state index in [9.17, 15) is 8.78 Å². The van der Waals surface area contributed by atoms with Crippen molar-refractivity contribution < 1.29 is 8.78 Å². The van der Waals surface area contributed by atoms with Crippen LogP contribution in [0.25, 0.3) is 0 Å². The van der Waals surface area contributed by atoms with Gasteiger partial charge < -0.3 is 5.32 Å². The summed E-state index contributed by atoms with van der Waals surface area (Å²) in [6, 6.07) is 0. The van der Waals surface area contributed by atoms with Crippen molar-refractivity contribution >= 4 is 0 Å². The molecule has 0 saturated carbocycles. The lowest BCUT2D eigenvalue weighted by Gasteiger charge is -2.10. The van der Waals surface area contributed by atoms with Crippen molar-refractivity contribution in [3.05, 3.63) is 0 Å². The lowest BCUT2D eigenvalue weighted by atomic mass is 10.1. The average molecular weight is 249 g/mol. The first-order chi connectivity index (χ1) is 8.06. The monoisotopic (exact) mass is 249 g/mol. The number of hydrogen-bond acceptors (Lipinski definition) is 1. The second-order valence-corrected chi connectivity index (χ2v) is 5.08. The van der Waals surface area contributed by atoms with Crippen molar-refractivity contribution in [3.63, 3.8) is 0 Å². The van der Waals surface area contributed by atoms with Gasteiger partial charge in [0.2, 0.25) is 0 Å². The summed E-state index contributed by atoms with van der Waals surface area (Å²) in [6.45, 7) is 3.71. The minimum absolute atomic E-state index is 0.190. The van der Waals surface area contributed by atoms with Gasteiger partial charge in [0, 0.05) is 6.92 Å². The van der Waals surface area contributed by atoms with Crippen molar-refractivity contribution in [2.45, 2.75) is 77.6 Å². The largest absolute Gasteiger partial charge is 0.311 e. The Balaban J connectivity index is 2.99. The molecule has 0 rings (SSSR count). The van der Waals surface area contributed by atoms with Crippen LogP contribution in [-0.4, -0.2) is 19.0 Å². The average Bonchev–Trinajstić information content (AvgIpc) is 2.24. The highest BCUT2D eigenvalue weighted by Gasteiger charge is 2.19. The standard InChI is InChI=1S/C14H29F2N/c1-3-4-5-6-7-8-9-10-11-12-17-13-14(2,15)16/h17H,3-13H2,1-2H3. The Morgan fingerprint density at radius 1 is 0.824 bits per heavy atom. The molecule has 0 fully saturated rings. The van der Waals surface area contributed by atoms with Crippen LogP contribution in [0.5, 0.6) is 0 Å². The Labute approximate surface area is 105 Å². The van der Waals surface area contributed by atoms with E-state index in [1.165, 1.54) is 44.9 Å². The molecule has 1 nitrogen and oxygen atoms in total. The number of halogens is 2. The summed E-state index contributed by atoms with van der Waals surface area (Å²) >= 11 is 0. The van der Waals surface area contributed by atoms with E-state index in [0.717, 1.165) is 26.3 Å². The van der Waals surface area contributed by atoms with Crippen LogP contribution < -0.4 is 5.32 Å². The first kappa shape index (κ1) is 16.8. The fraction of sp³-hybridized carbons (Fsp3) is 1.00. The molecule has 3 heteroatoms. The minimum Gasteiger partial charge on any atom is -0.311 e. The zero-order valence-electron chi connectivity index (χ0n) is 11.5. The molecule has 0 aromatic carbocycles. The maximum Gasteiger partial charge on any atom is 0.257 e. The molecule has 0 heterocycles. The van der Waals surface area contributed by atoms with Gasteiger partial charge in [-0.15, -0.1) is 0 Å². The van der Waals surface area contributed by atoms with Gasteiger partial charge in [-0.2, -0.15) is 0 Å². The van der Waals surface area contributed by atoms with Gasteiger partial charge in [-0.1, -0.05) is 58.3 Å². The number of alkyl halides is 2. The van der Waals surface area contributed by atoms with Gasteiger partial charge in [0.25, 0.3) is 5.92 Å². The Kier molecular flexibility index (Phi) is 10.8. The van der Waals surface area contributed by atoms with E-state index < -0.39 is 5.92 Å². The van der Waals surface area contributed by atoms with Crippen LogP contribution >= 0.6 is 0 Å². The van der Waals surface area contributed by atoms with E-state index in [2.05, 4.69) is 12.2 Å². The molecule has 0 unspecified atom stereocenters. The summed E-state index contributed by atoms with van der Waals surface area (Å²) in [5, 5.41) is 2.79. The Hall–Kier alpha value is -0.180. The summed E-state index contributed by atoms with van der Waals surface area (Å²) in [5.41, 5.74) is 0. The second kappa shape index (κ2) is 10.9. The van der Waals surface area contributed by atoms with Gasteiger partial charge in [0.05, 0.1) is 6.54 Å². The molecule has 0 amide bonds. The topological polar surface area (TPSA) is 12.0 Å². The number of rotatable bonds is 12. The van der Waals surface area contributed by atoms with Crippen LogP contribution in [0.2, 0.25) is 0 Å². The maximum atomic E-state index is 12.4. The molecule has 0 aliphatic carbocycles. The molecule has 0 saturated heterocycles. The number of unbranched alkanes of at least 4 members (excludes halogenated alkanes) is 8. The normalized spacial score (nSPS) is 12.0. The molecule has 0 radical (unpaired) electrons. The predicted octanol–water partition coefficient (Wildman–Crippen LogP) is 4.76. The van der Waals surface area contributed by atoms with Crippen molar-refractivity contribution in [1.29, 1.82) is 0 Å². The predicted molar refractivity (Wildman–Crippen MR) is 70.7 cm³/mol. The molecule has 0 aliphatic rings. The van der Waals surface area contributed by atoms with Crippen molar-refractivity contribution in [1.82, 2.24) is 5.32 Å². The highest BCUT2D eigenvalue weighted by molar-refractivity contribution is 4.61. The van der Waals surface area contributed by atoms with E-state index >= 15 is 0 Å². The molecule has 0 aromatic heterocycles. The van der Waals surface area contributed by atoms with E-state index in [1.54, 1.807) is 0 Å². The van der Waals surface area contributed by atoms with Gasteiger partial charge in [0.15, 0.2) is 0 Å². The number of nitrogens with one attached hydrogen (secondary N) is 1. The number of hydrogen-bond donors (Lipinski definition) is 1. The quantitative estimate of drug-likeness (QED) is 0.492. The van der Waals surface area contributed by atoms with Crippen molar-refractivity contribution in [3.8, 4) is 0 Å². The minimum atomic E-state index is -2.57. The third-order valence-electron chi connectivity index (χ3n) is 2.89. The van der Waals surface area contributed by atoms with Crippen molar-refractivity contribution in [2.75, 3.05) is 13.1 Å². The molecular formula is C14H29F2N. The lowest BCUT2D eigenvalue weighted by molar-refractivity contribution is 0.0228. The molecule has 104 valence electrons. The van der Waals surface area contributed by atoms with Gasteiger partial charge >= 0.3 is 0 Å². The zero-order valence-corrected chi connectivity index (χ0v) is 11.5. The first-order valence-electron chi connectivity index (χ1n) is 7.15. The van der Waals surface area contributed by atoms with Crippen LogP contribution in [0.1, 0.15) is 71.6 Å². The Morgan fingerprint density at radius 2 is 1.29 bits per heavy atom. The summed E-state index contributed by atoms with van der Waals surface area (Å²) in [5.74, 6) is -2.57. The van der Waals surface area contributed by atoms with E-state index in [1.807, 2.05) is 0 Å². The van der Waals surface area contributed by atoms with Gasteiger partial charge in [-0.3, -0.25) is 0 Å². The molecule has 0 aliphatic heterocycles. The van der Waals surface area contributed by atoms with E-state index in [0.29, 0.717) is 0 Å². The molecule has 0 atom stereocenters. The third-order valence-corrected chi connectivity index (χ3v) is 2.89. The highest BCUT2D eigenvalue weighted by Crippen LogP contribution is 2.10. The van der Waals surface area contributed by atoms with Crippen LogP contribution in [0, 0.1) is 0 Å². The molecule has 1 N–H and O–H groups in total. The summed E-state index contributed by atoms with van der Waals surface area (Å²) in [6.07, 6.45) is 11.4. The Morgan fingerprint density at radius 3 is 1.76 bits per heavy atom. The van der Waals surface area contributed by atoms with Crippen molar-refractivity contribution in [2.24, 2.45) is 0 Å². The fourth-order valence-electron chi connectivity index (χ4n) is 1.87. The smallest absolute Gasteiger partial charge is 0.257 e. The van der Waals surface area contributed by atoms with Crippen LogP contribution in [0.15, 0.2) is 0 Å². The maximum absolute atomic E-state index is 12.4. The molecular weight excluding hydrogens is 220 g/mol. The van der Waals surface area contributed by atoms with Crippen LogP contribution in [0.4, 0.5) is 8.78 Å². The SMILES string of the molecule is CCCCCCCCCCCNCC(C)(F)F. The Bertz CT molecular complexity index is 155. The second-order valence-electron chi connectivity index (χ2n) is 5.08. The van der Waals surface area contributed by atoms with E-state index in [4.69, 9.17) is 0 Å². The van der Waals surface area contributed by atoms with E-state index in [-0.39, 0.29) is 6.54 Å². The summed E-state index contributed by atoms with van der Waals surface area (Å²) in [4.78, 5) is 0. The third kappa shape index (κ3) is 15.8. The molecule has 0 spiro atoms. The van der Waals surface area contributed by atoms with Crippen LogP contribution in [0.3, 0.4) is 0 Å². The molecule has 0 aromatic rings. The molecule has 17 heavy (non-hydrogen) atoms. The highest BCUT2D eigenvalue weighted by atomic mass is 19.3. The van der Waals surface area contributed by atoms with Gasteiger partial charge in [-0.05, 0) is 13.0 Å². The first-order valence-corrected chi connectivity index (χ1v) is 7.15. The van der Waals surface area contributed by atoms with Gasteiger partial charge in [0.1, 0.15) is 0 Å². The van der Waals surface area contributed by atoms with Crippen LogP contribution in [-0.2, 0) is 0 Å². The summed E-state index contributed by atoms with van der Waals surface area (Å²) in [7, 11) is 0. The zero-order chi connectivity index (χ0) is 13.0. The molecule has 0 bridgehead atoms. The summed E-state index contributed by atoms with van der Waals surface area (Å²) < 4.78 is 24.9.